The Balaban J connectivity index is 1.76. The number of nitrogens with zero attached hydrogens (tertiary/aromatic N) is 4. The molecular formula is C19H24N4O5. The lowest BCUT2D eigenvalue weighted by molar-refractivity contribution is -0.137. The number of amides is 1. The van der Waals surface area contributed by atoms with Crippen LogP contribution in [0, 0.1) is 0 Å². The van der Waals surface area contributed by atoms with Crippen LogP contribution in [0.25, 0.3) is 10.9 Å². The molecule has 1 fully saturated rings. The van der Waals surface area contributed by atoms with Gasteiger partial charge in [-0.2, -0.15) is 0 Å². The summed E-state index contributed by atoms with van der Waals surface area (Å²) >= 11 is 0. The highest BCUT2D eigenvalue weighted by Crippen LogP contribution is 2.21. The molecule has 0 aliphatic carbocycles. The number of hydrogen-bond donors (Lipinski definition) is 1. The summed E-state index contributed by atoms with van der Waals surface area (Å²) in [5, 5.41) is 9.30. The smallest absolute Gasteiger partial charge is 0.410 e. The molecule has 1 amide bonds. The number of fused-ring (bicyclic) bond motifs is 1. The zero-order valence-corrected chi connectivity index (χ0v) is 16.2. The van der Waals surface area contributed by atoms with Crippen molar-refractivity contribution in [2.75, 3.05) is 31.1 Å². The van der Waals surface area contributed by atoms with Gasteiger partial charge in [-0.25, -0.2) is 9.78 Å². The zero-order valence-electron chi connectivity index (χ0n) is 16.2. The van der Waals surface area contributed by atoms with Crippen LogP contribution in [0.5, 0.6) is 0 Å². The van der Waals surface area contributed by atoms with Crippen LogP contribution in [-0.2, 0) is 16.1 Å². The number of carboxylic acids is 1. The Morgan fingerprint density at radius 1 is 1.18 bits per heavy atom. The predicted octanol–water partition coefficient (Wildman–Crippen LogP) is 1.54. The molecule has 3 rings (SSSR count). The van der Waals surface area contributed by atoms with Crippen molar-refractivity contribution in [3.05, 3.63) is 34.9 Å². The molecular weight excluding hydrogens is 364 g/mol. The van der Waals surface area contributed by atoms with E-state index >= 15 is 0 Å². The molecule has 1 N–H and O–H groups in total. The number of benzene rings is 1. The lowest BCUT2D eigenvalue weighted by Crippen LogP contribution is -2.50. The number of piperazine rings is 1. The van der Waals surface area contributed by atoms with Gasteiger partial charge in [-0.1, -0.05) is 0 Å². The van der Waals surface area contributed by atoms with Gasteiger partial charge in [0.15, 0.2) is 0 Å². The number of ether oxygens (including phenoxy) is 1. The van der Waals surface area contributed by atoms with Crippen LogP contribution in [0.15, 0.2) is 29.3 Å². The van der Waals surface area contributed by atoms with E-state index in [1.54, 1.807) is 17.0 Å². The second-order valence-corrected chi connectivity index (χ2v) is 7.73. The van der Waals surface area contributed by atoms with Crippen molar-refractivity contribution < 1.29 is 19.4 Å². The standard InChI is InChI=1S/C19H24N4O5/c1-19(2,3)28-18(27)22-8-6-21(7-9-22)13-4-5-15-14(10-13)17(26)23(12-20-15)11-16(24)25/h4-5,10,12H,6-9,11H2,1-3H3,(H,24,25). The lowest BCUT2D eigenvalue weighted by atomic mass is 10.2. The highest BCUT2D eigenvalue weighted by molar-refractivity contribution is 5.82. The SMILES string of the molecule is CC(C)(C)OC(=O)N1CCN(c2ccc3ncn(CC(=O)O)c(=O)c3c2)CC1. The Bertz CT molecular complexity index is 955. The van der Waals surface area contributed by atoms with E-state index in [4.69, 9.17) is 9.84 Å². The first-order valence-electron chi connectivity index (χ1n) is 9.08. The number of carboxylic acid groups (broad SMARTS) is 1. The molecule has 0 radical (unpaired) electrons. The molecule has 150 valence electrons. The van der Waals surface area contributed by atoms with E-state index < -0.39 is 18.1 Å². The van der Waals surface area contributed by atoms with Crippen molar-refractivity contribution in [3.8, 4) is 0 Å². The number of hydrogen-bond acceptors (Lipinski definition) is 6. The normalized spacial score (nSPS) is 15.0. The van der Waals surface area contributed by atoms with Crippen LogP contribution in [0.3, 0.4) is 0 Å². The third kappa shape index (κ3) is 4.41. The third-order valence-electron chi connectivity index (χ3n) is 4.41. The maximum absolute atomic E-state index is 12.5. The third-order valence-corrected chi connectivity index (χ3v) is 4.41. The Hall–Kier alpha value is -3.10. The van der Waals surface area contributed by atoms with E-state index in [0.29, 0.717) is 37.1 Å². The topological polar surface area (TPSA) is 105 Å². The molecule has 0 atom stereocenters. The van der Waals surface area contributed by atoms with Gasteiger partial charge in [0.25, 0.3) is 5.56 Å². The van der Waals surface area contributed by atoms with Gasteiger partial charge in [0.1, 0.15) is 12.1 Å². The monoisotopic (exact) mass is 388 g/mol. The average Bonchev–Trinajstić information content (AvgIpc) is 2.62. The fourth-order valence-corrected chi connectivity index (χ4v) is 3.08. The van der Waals surface area contributed by atoms with E-state index in [-0.39, 0.29) is 11.7 Å². The van der Waals surface area contributed by atoms with Crippen LogP contribution >= 0.6 is 0 Å². The van der Waals surface area contributed by atoms with Crippen molar-refractivity contribution in [1.29, 1.82) is 0 Å². The number of aromatic nitrogens is 2. The van der Waals surface area contributed by atoms with Gasteiger partial charge < -0.3 is 19.6 Å². The number of carbonyl (C=O) groups is 2. The van der Waals surface area contributed by atoms with E-state index in [0.717, 1.165) is 10.3 Å². The molecule has 2 heterocycles. The quantitative estimate of drug-likeness (QED) is 0.850. The molecule has 0 unspecified atom stereocenters. The van der Waals surface area contributed by atoms with Gasteiger partial charge in [0.2, 0.25) is 0 Å². The molecule has 9 heteroatoms. The summed E-state index contributed by atoms with van der Waals surface area (Å²) in [6.07, 6.45) is 0.921. The first kappa shape index (κ1) is 19.7. The van der Waals surface area contributed by atoms with Gasteiger partial charge in [0, 0.05) is 31.9 Å². The Kier molecular flexibility index (Phi) is 5.26. The summed E-state index contributed by atoms with van der Waals surface area (Å²) in [5.74, 6) is -1.10. The summed E-state index contributed by atoms with van der Waals surface area (Å²) in [6.45, 7) is 7.32. The van der Waals surface area contributed by atoms with Crippen LogP contribution in [-0.4, -0.2) is 63.4 Å². The van der Waals surface area contributed by atoms with E-state index in [1.807, 2.05) is 26.8 Å². The van der Waals surface area contributed by atoms with Crippen molar-refractivity contribution in [1.82, 2.24) is 14.5 Å². The van der Waals surface area contributed by atoms with E-state index in [9.17, 15) is 14.4 Å². The minimum atomic E-state index is -1.10. The predicted molar refractivity (Wildman–Crippen MR) is 104 cm³/mol. The number of anilines is 1. The van der Waals surface area contributed by atoms with Crippen LogP contribution < -0.4 is 10.5 Å². The molecule has 2 aromatic rings. The fourth-order valence-electron chi connectivity index (χ4n) is 3.08. The highest BCUT2D eigenvalue weighted by Gasteiger charge is 2.26. The lowest BCUT2D eigenvalue weighted by Gasteiger charge is -2.36. The van der Waals surface area contributed by atoms with Crippen molar-refractivity contribution in [2.24, 2.45) is 0 Å². The second-order valence-electron chi connectivity index (χ2n) is 7.73. The van der Waals surface area contributed by atoms with Crippen LogP contribution in [0.4, 0.5) is 10.5 Å². The van der Waals surface area contributed by atoms with Crippen LogP contribution in [0.1, 0.15) is 20.8 Å². The molecule has 1 aromatic carbocycles. The molecule has 1 aromatic heterocycles. The van der Waals surface area contributed by atoms with Crippen molar-refractivity contribution in [3.63, 3.8) is 0 Å². The van der Waals surface area contributed by atoms with Gasteiger partial charge in [-0.05, 0) is 39.0 Å². The maximum Gasteiger partial charge on any atom is 0.410 e. The second kappa shape index (κ2) is 7.49. The van der Waals surface area contributed by atoms with E-state index in [2.05, 4.69) is 9.88 Å². The molecule has 1 aliphatic heterocycles. The molecule has 1 aliphatic rings. The maximum atomic E-state index is 12.5. The summed E-state index contributed by atoms with van der Waals surface area (Å²) in [4.78, 5) is 43.5. The van der Waals surface area contributed by atoms with Crippen molar-refractivity contribution >= 4 is 28.7 Å². The first-order chi connectivity index (χ1) is 13.1. The molecule has 9 nitrogen and oxygen atoms in total. The van der Waals surface area contributed by atoms with E-state index in [1.165, 1.54) is 6.33 Å². The summed E-state index contributed by atoms with van der Waals surface area (Å²) in [6, 6.07) is 5.35. The average molecular weight is 388 g/mol. The summed E-state index contributed by atoms with van der Waals surface area (Å²) in [5.41, 5.74) is 0.433. The van der Waals surface area contributed by atoms with Crippen LogP contribution in [0.2, 0.25) is 0 Å². The molecule has 0 saturated carbocycles. The van der Waals surface area contributed by atoms with Gasteiger partial charge in [0.05, 0.1) is 17.2 Å². The highest BCUT2D eigenvalue weighted by atomic mass is 16.6. The Labute approximate surface area is 162 Å². The van der Waals surface area contributed by atoms with Gasteiger partial charge >= 0.3 is 12.1 Å². The Morgan fingerprint density at radius 3 is 2.46 bits per heavy atom. The summed E-state index contributed by atoms with van der Waals surface area (Å²) in [7, 11) is 0. The fraction of sp³-hybridized carbons (Fsp3) is 0.474. The van der Waals surface area contributed by atoms with Crippen molar-refractivity contribution in [2.45, 2.75) is 32.9 Å². The zero-order chi connectivity index (χ0) is 20.5. The molecule has 0 spiro atoms. The molecule has 1 saturated heterocycles. The largest absolute Gasteiger partial charge is 0.480 e. The number of rotatable bonds is 3. The minimum Gasteiger partial charge on any atom is -0.480 e. The number of carbonyl (C=O) groups excluding carboxylic acids is 1. The Morgan fingerprint density at radius 2 is 1.86 bits per heavy atom. The minimum absolute atomic E-state index is 0.327. The number of aliphatic carboxylic acids is 1. The summed E-state index contributed by atoms with van der Waals surface area (Å²) < 4.78 is 6.48. The van der Waals surface area contributed by atoms with Gasteiger partial charge in [-0.15, -0.1) is 0 Å². The van der Waals surface area contributed by atoms with Gasteiger partial charge in [-0.3, -0.25) is 14.2 Å². The molecule has 28 heavy (non-hydrogen) atoms. The molecule has 0 bridgehead atoms. The first-order valence-corrected chi connectivity index (χ1v) is 9.08.